The van der Waals surface area contributed by atoms with Crippen molar-refractivity contribution in [3.8, 4) is 0 Å². The molecule has 0 fully saturated rings. The molecule has 1 unspecified atom stereocenters. The van der Waals surface area contributed by atoms with E-state index < -0.39 is 29.3 Å². The number of nitrogens with zero attached hydrogens (tertiary/aromatic N) is 3. The number of furan rings is 1. The van der Waals surface area contributed by atoms with Crippen molar-refractivity contribution in [3.63, 3.8) is 0 Å². The first-order valence-corrected chi connectivity index (χ1v) is 9.76. The first-order chi connectivity index (χ1) is 15.1. The summed E-state index contributed by atoms with van der Waals surface area (Å²) in [6.45, 7) is 0.801. The molecule has 31 heavy (non-hydrogen) atoms. The molecule has 0 aliphatic carbocycles. The summed E-state index contributed by atoms with van der Waals surface area (Å²) in [5, 5.41) is 10.5. The lowest BCUT2D eigenvalue weighted by molar-refractivity contribution is -0.129. The van der Waals surface area contributed by atoms with Crippen LogP contribution >= 0.6 is 0 Å². The molecule has 2 aromatic heterocycles. The van der Waals surface area contributed by atoms with Crippen LogP contribution in [0.2, 0.25) is 0 Å². The van der Waals surface area contributed by atoms with E-state index in [1.54, 1.807) is 36.9 Å². The van der Waals surface area contributed by atoms with Crippen molar-refractivity contribution in [2.45, 2.75) is 19.0 Å². The Balaban J connectivity index is 1.63. The van der Waals surface area contributed by atoms with Crippen molar-refractivity contribution >= 4 is 17.8 Å². The van der Waals surface area contributed by atoms with Crippen LogP contribution in [-0.4, -0.2) is 37.8 Å². The van der Waals surface area contributed by atoms with Crippen molar-refractivity contribution in [1.82, 2.24) is 14.5 Å². The van der Waals surface area contributed by atoms with Gasteiger partial charge in [0.15, 0.2) is 11.5 Å². The molecule has 1 aliphatic heterocycles. The highest BCUT2D eigenvalue weighted by molar-refractivity contribution is 6.14. The fraction of sp³-hybridized carbons (Fsp3) is 0.174. The van der Waals surface area contributed by atoms with E-state index in [2.05, 4.69) is 4.98 Å². The van der Waals surface area contributed by atoms with E-state index in [0.717, 1.165) is 0 Å². The second kappa shape index (κ2) is 8.83. The highest BCUT2D eigenvalue weighted by atomic mass is 19.1. The number of benzene rings is 1. The van der Waals surface area contributed by atoms with E-state index in [1.165, 1.54) is 41.5 Å². The molecule has 1 amide bonds. The van der Waals surface area contributed by atoms with E-state index in [-0.39, 0.29) is 17.7 Å². The number of halogens is 1. The molecular weight excluding hydrogens is 401 g/mol. The molecule has 0 radical (unpaired) electrons. The number of aliphatic hydroxyl groups excluding tert-OH is 1. The lowest BCUT2D eigenvalue weighted by Crippen LogP contribution is -2.33. The second-order valence-corrected chi connectivity index (χ2v) is 7.05. The molecule has 1 N–H and O–H groups in total. The topological polar surface area (TPSA) is 88.6 Å². The van der Waals surface area contributed by atoms with Gasteiger partial charge in [0, 0.05) is 31.0 Å². The summed E-state index contributed by atoms with van der Waals surface area (Å²) in [7, 11) is 0. The summed E-state index contributed by atoms with van der Waals surface area (Å²) in [6.07, 6.45) is 9.75. The smallest absolute Gasteiger partial charge is 0.290 e. The Morgan fingerprint density at radius 1 is 1.23 bits per heavy atom. The van der Waals surface area contributed by atoms with Gasteiger partial charge in [0.05, 0.1) is 24.2 Å². The molecule has 1 atom stereocenters. The maximum atomic E-state index is 14.7. The van der Waals surface area contributed by atoms with E-state index in [1.807, 2.05) is 4.57 Å². The van der Waals surface area contributed by atoms with Gasteiger partial charge in [0.1, 0.15) is 11.6 Å². The third-order valence-electron chi connectivity index (χ3n) is 5.09. The molecule has 4 rings (SSSR count). The van der Waals surface area contributed by atoms with E-state index in [9.17, 15) is 19.1 Å². The minimum absolute atomic E-state index is 0.150. The van der Waals surface area contributed by atoms with Crippen molar-refractivity contribution in [3.05, 3.63) is 95.9 Å². The molecule has 0 saturated heterocycles. The van der Waals surface area contributed by atoms with Crippen molar-refractivity contribution in [2.75, 3.05) is 6.54 Å². The SMILES string of the molecule is O=C(/C=C/c1ccco1)C1=C(O)C(=O)N(CCCn2ccnc2)C1c1ccccc1F. The fourth-order valence-corrected chi connectivity index (χ4v) is 3.63. The van der Waals surface area contributed by atoms with Crippen LogP contribution < -0.4 is 0 Å². The van der Waals surface area contributed by atoms with Crippen LogP contribution in [0.3, 0.4) is 0 Å². The number of amides is 1. The Labute approximate surface area is 177 Å². The number of allylic oxidation sites excluding steroid dienone is 1. The van der Waals surface area contributed by atoms with Crippen LogP contribution in [0, 0.1) is 5.82 Å². The number of aromatic nitrogens is 2. The van der Waals surface area contributed by atoms with Crippen molar-refractivity contribution in [1.29, 1.82) is 0 Å². The third kappa shape index (κ3) is 4.18. The number of hydrogen-bond donors (Lipinski definition) is 1. The minimum Gasteiger partial charge on any atom is -0.503 e. The predicted molar refractivity (Wildman–Crippen MR) is 110 cm³/mol. The number of carbonyl (C=O) groups is 2. The third-order valence-corrected chi connectivity index (χ3v) is 5.09. The lowest BCUT2D eigenvalue weighted by Gasteiger charge is -2.27. The largest absolute Gasteiger partial charge is 0.503 e. The number of ketones is 1. The number of aryl methyl sites for hydroxylation is 1. The molecule has 3 aromatic rings. The van der Waals surface area contributed by atoms with Crippen LogP contribution in [0.1, 0.15) is 23.8 Å². The summed E-state index contributed by atoms with van der Waals surface area (Å²) in [5.74, 6) is -2.07. The molecule has 158 valence electrons. The zero-order valence-electron chi connectivity index (χ0n) is 16.5. The molecule has 3 heterocycles. The molecule has 1 aliphatic rings. The van der Waals surface area contributed by atoms with Gasteiger partial charge < -0.3 is 19.0 Å². The van der Waals surface area contributed by atoms with E-state index >= 15 is 0 Å². The van der Waals surface area contributed by atoms with Crippen LogP contribution in [0.25, 0.3) is 6.08 Å². The van der Waals surface area contributed by atoms with E-state index in [0.29, 0.717) is 18.7 Å². The van der Waals surface area contributed by atoms with Gasteiger partial charge in [-0.1, -0.05) is 18.2 Å². The number of hydrogen-bond acceptors (Lipinski definition) is 5. The first kappa shape index (κ1) is 20.3. The average Bonchev–Trinajstić information content (AvgIpc) is 3.51. The molecule has 7 nitrogen and oxygen atoms in total. The summed E-state index contributed by atoms with van der Waals surface area (Å²) in [4.78, 5) is 31.1. The van der Waals surface area contributed by atoms with Crippen LogP contribution in [0.4, 0.5) is 4.39 Å². The number of rotatable bonds is 8. The van der Waals surface area contributed by atoms with Crippen molar-refractivity contribution < 1.29 is 23.5 Å². The van der Waals surface area contributed by atoms with Gasteiger partial charge in [-0.3, -0.25) is 9.59 Å². The van der Waals surface area contributed by atoms with Gasteiger partial charge in [0.2, 0.25) is 0 Å². The Bertz CT molecular complexity index is 1130. The number of imidazole rings is 1. The van der Waals surface area contributed by atoms with Crippen LogP contribution in [0.15, 0.2) is 83.2 Å². The normalized spacial score (nSPS) is 16.6. The summed E-state index contributed by atoms with van der Waals surface area (Å²) in [6, 6.07) is 8.24. The number of carbonyl (C=O) groups excluding carboxylic acids is 2. The van der Waals surface area contributed by atoms with Gasteiger partial charge in [0.25, 0.3) is 5.91 Å². The Kier molecular flexibility index (Phi) is 5.79. The highest BCUT2D eigenvalue weighted by Gasteiger charge is 2.43. The predicted octanol–water partition coefficient (Wildman–Crippen LogP) is 3.68. The zero-order chi connectivity index (χ0) is 21.8. The Morgan fingerprint density at radius 2 is 2.06 bits per heavy atom. The Morgan fingerprint density at radius 3 is 2.77 bits per heavy atom. The number of aliphatic hydroxyl groups is 1. The van der Waals surface area contributed by atoms with Gasteiger partial charge >= 0.3 is 0 Å². The quantitative estimate of drug-likeness (QED) is 0.561. The lowest BCUT2D eigenvalue weighted by atomic mass is 9.95. The average molecular weight is 421 g/mol. The maximum absolute atomic E-state index is 14.7. The molecule has 0 saturated carbocycles. The molecular formula is C23H20FN3O4. The van der Waals surface area contributed by atoms with E-state index in [4.69, 9.17) is 4.42 Å². The molecule has 1 aromatic carbocycles. The van der Waals surface area contributed by atoms with Gasteiger partial charge in [-0.25, -0.2) is 9.37 Å². The fourth-order valence-electron chi connectivity index (χ4n) is 3.63. The monoisotopic (exact) mass is 421 g/mol. The highest BCUT2D eigenvalue weighted by Crippen LogP contribution is 2.39. The minimum atomic E-state index is -1.02. The van der Waals surface area contributed by atoms with Crippen molar-refractivity contribution in [2.24, 2.45) is 0 Å². The Hall–Kier alpha value is -3.94. The van der Waals surface area contributed by atoms with Crippen LogP contribution in [0.5, 0.6) is 0 Å². The molecule has 0 spiro atoms. The first-order valence-electron chi connectivity index (χ1n) is 9.76. The van der Waals surface area contributed by atoms with Crippen LogP contribution in [-0.2, 0) is 16.1 Å². The molecule has 8 heteroatoms. The van der Waals surface area contributed by atoms with Gasteiger partial charge in [-0.15, -0.1) is 0 Å². The maximum Gasteiger partial charge on any atom is 0.290 e. The second-order valence-electron chi connectivity index (χ2n) is 7.05. The molecule has 0 bridgehead atoms. The summed E-state index contributed by atoms with van der Waals surface area (Å²) >= 11 is 0. The van der Waals surface area contributed by atoms with Gasteiger partial charge in [-0.05, 0) is 36.8 Å². The zero-order valence-corrected chi connectivity index (χ0v) is 16.5. The summed E-state index contributed by atoms with van der Waals surface area (Å²) in [5.41, 5.74) is -0.00202. The van der Waals surface area contributed by atoms with Gasteiger partial charge in [-0.2, -0.15) is 0 Å². The summed E-state index contributed by atoms with van der Waals surface area (Å²) < 4.78 is 21.7. The standard InChI is InChI=1S/C23H20FN3O4/c24-18-7-2-1-6-17(18)21-20(19(28)9-8-16-5-3-14-31-16)22(29)23(30)27(21)12-4-11-26-13-10-25-15-26/h1-3,5-10,13-15,21,29H,4,11-12H2/b9-8+.